The Labute approximate surface area is 162 Å². The van der Waals surface area contributed by atoms with Crippen molar-refractivity contribution in [1.29, 1.82) is 0 Å². The van der Waals surface area contributed by atoms with Gasteiger partial charge in [-0.25, -0.2) is 0 Å². The van der Waals surface area contributed by atoms with Crippen LogP contribution in [0.25, 0.3) is 55.1 Å². The largest absolute Gasteiger partial charge is 0.355 e. The van der Waals surface area contributed by atoms with Crippen molar-refractivity contribution in [1.82, 2.24) is 9.97 Å². The zero-order valence-corrected chi connectivity index (χ0v) is 15.2. The fourth-order valence-electron chi connectivity index (χ4n) is 4.04. The number of rotatable bonds is 2. The van der Waals surface area contributed by atoms with E-state index in [0.717, 1.165) is 11.4 Å². The summed E-state index contributed by atoms with van der Waals surface area (Å²) in [5, 5.41) is 4.98. The molecule has 0 radical (unpaired) electrons. The highest BCUT2D eigenvalue weighted by Gasteiger charge is 2.07. The van der Waals surface area contributed by atoms with E-state index in [-0.39, 0.29) is 0 Å². The zero-order chi connectivity index (χ0) is 18.5. The van der Waals surface area contributed by atoms with Crippen molar-refractivity contribution >= 4 is 32.6 Å². The lowest BCUT2D eigenvalue weighted by molar-refractivity contribution is 1.45. The molecule has 6 rings (SSSR count). The Balaban J connectivity index is 1.43. The summed E-state index contributed by atoms with van der Waals surface area (Å²) in [5.41, 5.74) is 7.08. The second kappa shape index (κ2) is 5.86. The maximum atomic E-state index is 3.52. The quantitative estimate of drug-likeness (QED) is 0.330. The maximum Gasteiger partial charge on any atom is 0.0464 e. The SMILES string of the molecule is c1ccc2[nH]c(-c3ccc4cc(-c5cc6ccccc6[nH]5)ccc4c3)cc2c1. The molecule has 0 saturated heterocycles. The van der Waals surface area contributed by atoms with E-state index in [1.807, 2.05) is 0 Å². The van der Waals surface area contributed by atoms with E-state index in [0.29, 0.717) is 0 Å². The van der Waals surface area contributed by atoms with Gasteiger partial charge in [0.15, 0.2) is 0 Å². The number of H-pyrrole nitrogens is 2. The Hall–Kier alpha value is -3.78. The number of benzene rings is 4. The second-order valence-corrected chi connectivity index (χ2v) is 7.32. The molecule has 2 N–H and O–H groups in total. The minimum absolute atomic E-state index is 1.16. The highest BCUT2D eigenvalue weighted by atomic mass is 14.7. The van der Waals surface area contributed by atoms with Gasteiger partial charge in [-0.05, 0) is 58.3 Å². The number of hydrogen-bond donors (Lipinski definition) is 2. The van der Waals surface area contributed by atoms with Gasteiger partial charge in [0.1, 0.15) is 0 Å². The van der Waals surface area contributed by atoms with Crippen LogP contribution in [0.15, 0.2) is 97.1 Å². The minimum atomic E-state index is 1.16. The molecular weight excluding hydrogens is 340 g/mol. The Morgan fingerprint density at radius 3 is 1.32 bits per heavy atom. The van der Waals surface area contributed by atoms with Crippen molar-refractivity contribution < 1.29 is 0 Å². The molecule has 0 spiro atoms. The lowest BCUT2D eigenvalue weighted by Crippen LogP contribution is -1.81. The van der Waals surface area contributed by atoms with Gasteiger partial charge in [0.05, 0.1) is 0 Å². The topological polar surface area (TPSA) is 31.6 Å². The molecule has 2 aromatic heterocycles. The van der Waals surface area contributed by atoms with Crippen molar-refractivity contribution in [3.63, 3.8) is 0 Å². The van der Waals surface area contributed by atoms with E-state index >= 15 is 0 Å². The summed E-state index contributed by atoms with van der Waals surface area (Å²) in [6.45, 7) is 0. The summed E-state index contributed by atoms with van der Waals surface area (Å²) in [6, 6.07) is 34.6. The Morgan fingerprint density at radius 1 is 0.393 bits per heavy atom. The monoisotopic (exact) mass is 358 g/mol. The number of hydrogen-bond acceptors (Lipinski definition) is 0. The number of nitrogens with one attached hydrogen (secondary N) is 2. The summed E-state index contributed by atoms with van der Waals surface area (Å²) in [6.07, 6.45) is 0. The van der Waals surface area contributed by atoms with Crippen molar-refractivity contribution in [2.75, 3.05) is 0 Å². The van der Waals surface area contributed by atoms with Gasteiger partial charge in [0.25, 0.3) is 0 Å². The van der Waals surface area contributed by atoms with E-state index in [2.05, 4.69) is 107 Å². The molecule has 0 unspecified atom stereocenters. The first-order valence-electron chi connectivity index (χ1n) is 9.54. The van der Waals surface area contributed by atoms with Crippen LogP contribution in [-0.2, 0) is 0 Å². The number of fused-ring (bicyclic) bond motifs is 3. The number of para-hydroxylation sites is 2. The molecule has 0 aliphatic rings. The van der Waals surface area contributed by atoms with Crippen LogP contribution in [0.5, 0.6) is 0 Å². The Bertz CT molecular complexity index is 1290. The smallest absolute Gasteiger partial charge is 0.0464 e. The minimum Gasteiger partial charge on any atom is -0.355 e. The normalized spacial score (nSPS) is 11.6. The summed E-state index contributed by atoms with van der Waals surface area (Å²) in [5.74, 6) is 0. The molecule has 4 aromatic carbocycles. The van der Waals surface area contributed by atoms with E-state index in [1.165, 1.54) is 43.7 Å². The molecule has 0 atom stereocenters. The average molecular weight is 358 g/mol. The van der Waals surface area contributed by atoms with E-state index in [1.54, 1.807) is 0 Å². The van der Waals surface area contributed by atoms with Crippen LogP contribution in [0.2, 0.25) is 0 Å². The molecule has 0 aliphatic carbocycles. The third kappa shape index (κ3) is 2.43. The third-order valence-corrected chi connectivity index (χ3v) is 5.52. The van der Waals surface area contributed by atoms with Crippen LogP contribution in [-0.4, -0.2) is 9.97 Å². The van der Waals surface area contributed by atoms with Gasteiger partial charge in [0, 0.05) is 33.2 Å². The molecule has 0 saturated carbocycles. The fraction of sp³-hybridized carbons (Fsp3) is 0. The first-order valence-corrected chi connectivity index (χ1v) is 9.54. The lowest BCUT2D eigenvalue weighted by atomic mass is 10.0. The average Bonchev–Trinajstić information content (AvgIpc) is 3.37. The van der Waals surface area contributed by atoms with E-state index in [4.69, 9.17) is 0 Å². The van der Waals surface area contributed by atoms with Gasteiger partial charge in [0.2, 0.25) is 0 Å². The summed E-state index contributed by atoms with van der Waals surface area (Å²) in [4.78, 5) is 7.05. The van der Waals surface area contributed by atoms with Crippen molar-refractivity contribution in [2.24, 2.45) is 0 Å². The van der Waals surface area contributed by atoms with Crippen molar-refractivity contribution in [3.05, 3.63) is 97.1 Å². The second-order valence-electron chi connectivity index (χ2n) is 7.32. The van der Waals surface area contributed by atoms with Crippen LogP contribution in [0, 0.1) is 0 Å². The fourth-order valence-corrected chi connectivity index (χ4v) is 4.04. The molecular formula is C26H18N2. The molecule has 2 heteroatoms. The number of aromatic nitrogens is 2. The highest BCUT2D eigenvalue weighted by Crippen LogP contribution is 2.30. The molecule has 6 aromatic rings. The van der Waals surface area contributed by atoms with Crippen LogP contribution in [0.1, 0.15) is 0 Å². The van der Waals surface area contributed by atoms with Crippen LogP contribution in [0.4, 0.5) is 0 Å². The van der Waals surface area contributed by atoms with Crippen LogP contribution in [0.3, 0.4) is 0 Å². The van der Waals surface area contributed by atoms with Gasteiger partial charge < -0.3 is 9.97 Å². The molecule has 28 heavy (non-hydrogen) atoms. The van der Waals surface area contributed by atoms with Crippen LogP contribution < -0.4 is 0 Å². The van der Waals surface area contributed by atoms with Gasteiger partial charge in [-0.15, -0.1) is 0 Å². The summed E-state index contributed by atoms with van der Waals surface area (Å²) < 4.78 is 0. The first-order chi connectivity index (χ1) is 13.8. The van der Waals surface area contributed by atoms with Gasteiger partial charge in [-0.1, -0.05) is 60.7 Å². The maximum absolute atomic E-state index is 3.52. The van der Waals surface area contributed by atoms with Gasteiger partial charge in [-0.3, -0.25) is 0 Å². The number of aromatic amines is 2. The third-order valence-electron chi connectivity index (χ3n) is 5.52. The molecule has 0 bridgehead atoms. The Morgan fingerprint density at radius 2 is 0.857 bits per heavy atom. The van der Waals surface area contributed by atoms with E-state index < -0.39 is 0 Å². The summed E-state index contributed by atoms with van der Waals surface area (Å²) in [7, 11) is 0. The molecule has 0 amide bonds. The standard InChI is InChI=1S/C26H18N2/c1-3-7-23-19(5-1)15-25(27-23)21-11-9-18-14-22(12-10-17(18)13-21)26-16-20-6-2-4-8-24(20)28-26/h1-16,27-28H. The molecule has 132 valence electrons. The molecule has 0 aliphatic heterocycles. The molecule has 2 nitrogen and oxygen atoms in total. The van der Waals surface area contributed by atoms with E-state index in [9.17, 15) is 0 Å². The predicted molar refractivity (Wildman–Crippen MR) is 119 cm³/mol. The molecule has 2 heterocycles. The molecule has 0 fully saturated rings. The highest BCUT2D eigenvalue weighted by molar-refractivity contribution is 5.94. The summed E-state index contributed by atoms with van der Waals surface area (Å²) >= 11 is 0. The van der Waals surface area contributed by atoms with Gasteiger partial charge in [-0.2, -0.15) is 0 Å². The van der Waals surface area contributed by atoms with Gasteiger partial charge >= 0.3 is 0 Å². The zero-order valence-electron chi connectivity index (χ0n) is 15.2. The van der Waals surface area contributed by atoms with Crippen LogP contribution >= 0.6 is 0 Å². The van der Waals surface area contributed by atoms with Crippen molar-refractivity contribution in [3.8, 4) is 22.5 Å². The predicted octanol–water partition coefficient (Wildman–Crippen LogP) is 7.14. The lowest BCUT2D eigenvalue weighted by Gasteiger charge is -2.05. The Kier molecular flexibility index (Phi) is 3.20. The first kappa shape index (κ1) is 15.3. The van der Waals surface area contributed by atoms with Crippen molar-refractivity contribution in [2.45, 2.75) is 0 Å².